The maximum atomic E-state index is 13.1. The van der Waals surface area contributed by atoms with Gasteiger partial charge in [0.1, 0.15) is 28.6 Å². The first-order valence-corrected chi connectivity index (χ1v) is 8.86. The van der Waals surface area contributed by atoms with Crippen LogP contribution < -0.4 is 18.9 Å². The minimum Gasteiger partial charge on any atom is -0.497 e. The summed E-state index contributed by atoms with van der Waals surface area (Å²) in [5.74, 6) is 0.497. The Balaban J connectivity index is 2.65. The molecule has 0 radical (unpaired) electrons. The number of esters is 1. The molecule has 0 aromatic heterocycles. The molecule has 0 aliphatic heterocycles. The van der Waals surface area contributed by atoms with Gasteiger partial charge in [-0.3, -0.25) is 4.79 Å². The summed E-state index contributed by atoms with van der Waals surface area (Å²) >= 11 is 0. The lowest BCUT2D eigenvalue weighted by molar-refractivity contribution is -0.137. The van der Waals surface area contributed by atoms with E-state index >= 15 is 0 Å². The molecule has 7 nitrogen and oxygen atoms in total. The first-order valence-electron chi connectivity index (χ1n) is 8.86. The molecule has 0 saturated heterocycles. The molecule has 0 spiro atoms. The van der Waals surface area contributed by atoms with Gasteiger partial charge < -0.3 is 23.7 Å². The van der Waals surface area contributed by atoms with Crippen molar-refractivity contribution in [3.05, 3.63) is 53.1 Å². The van der Waals surface area contributed by atoms with Gasteiger partial charge in [0, 0.05) is 17.7 Å². The number of hydrogen-bond acceptors (Lipinski definition) is 7. The fourth-order valence-corrected chi connectivity index (χ4v) is 2.67. The van der Waals surface area contributed by atoms with Gasteiger partial charge in [0.2, 0.25) is 0 Å². The number of ether oxygens (including phenoxy) is 5. The van der Waals surface area contributed by atoms with E-state index in [4.69, 9.17) is 23.7 Å². The molecule has 0 atom stereocenters. The number of rotatable bonds is 9. The van der Waals surface area contributed by atoms with Gasteiger partial charge in [0.05, 0.1) is 40.6 Å². The van der Waals surface area contributed by atoms with E-state index in [0.29, 0.717) is 28.6 Å². The second-order valence-corrected chi connectivity index (χ2v) is 5.79. The summed E-state index contributed by atoms with van der Waals surface area (Å²) in [6, 6.07) is 9.79. The van der Waals surface area contributed by atoms with Crippen molar-refractivity contribution in [1.82, 2.24) is 0 Å². The van der Waals surface area contributed by atoms with Crippen LogP contribution in [-0.2, 0) is 9.53 Å². The molecule has 154 valence electrons. The Labute approximate surface area is 169 Å². The minimum atomic E-state index is -0.750. The van der Waals surface area contributed by atoms with Crippen molar-refractivity contribution in [2.24, 2.45) is 0 Å². The molecule has 0 heterocycles. The standard InChI is InChI=1S/C22H24O7/c1-6-29-22(24)18(21(23)14-8-7-9-15(10-14)25-2)13-17-19(27-4)11-16(26-3)12-20(17)28-5/h7-13H,6H2,1-5H3/b18-13-. The van der Waals surface area contributed by atoms with Crippen LogP contribution >= 0.6 is 0 Å². The molecular formula is C22H24O7. The van der Waals surface area contributed by atoms with Crippen molar-refractivity contribution in [2.75, 3.05) is 35.0 Å². The van der Waals surface area contributed by atoms with Crippen LogP contribution in [0, 0.1) is 0 Å². The van der Waals surface area contributed by atoms with Gasteiger partial charge in [-0.25, -0.2) is 4.79 Å². The Hall–Kier alpha value is -3.48. The third-order valence-corrected chi connectivity index (χ3v) is 4.11. The van der Waals surface area contributed by atoms with E-state index in [1.807, 2.05) is 0 Å². The normalized spacial score (nSPS) is 10.9. The van der Waals surface area contributed by atoms with Crippen LogP contribution in [0.25, 0.3) is 6.08 Å². The van der Waals surface area contributed by atoms with Crippen molar-refractivity contribution in [2.45, 2.75) is 6.92 Å². The van der Waals surface area contributed by atoms with Crippen LogP contribution in [0.1, 0.15) is 22.8 Å². The number of carbonyl (C=O) groups excluding carboxylic acids is 2. The number of hydrogen-bond donors (Lipinski definition) is 0. The molecule has 0 aliphatic carbocycles. The number of ketones is 1. The minimum absolute atomic E-state index is 0.123. The van der Waals surface area contributed by atoms with Gasteiger partial charge in [-0.15, -0.1) is 0 Å². The second-order valence-electron chi connectivity index (χ2n) is 5.79. The average Bonchev–Trinajstić information content (AvgIpc) is 2.76. The quantitative estimate of drug-likeness (QED) is 0.209. The van der Waals surface area contributed by atoms with Crippen LogP contribution in [-0.4, -0.2) is 46.8 Å². The summed E-state index contributed by atoms with van der Waals surface area (Å²) in [5.41, 5.74) is 0.534. The van der Waals surface area contributed by atoms with Crippen molar-refractivity contribution in [3.8, 4) is 23.0 Å². The molecule has 0 saturated carbocycles. The van der Waals surface area contributed by atoms with Crippen LogP contribution in [0.4, 0.5) is 0 Å². The van der Waals surface area contributed by atoms with E-state index in [0.717, 1.165) is 0 Å². The van der Waals surface area contributed by atoms with Crippen molar-refractivity contribution in [3.63, 3.8) is 0 Å². The van der Waals surface area contributed by atoms with Gasteiger partial charge in [-0.1, -0.05) is 12.1 Å². The number of carbonyl (C=O) groups is 2. The van der Waals surface area contributed by atoms with Crippen molar-refractivity contribution < 1.29 is 33.3 Å². The Kier molecular flexibility index (Phi) is 7.65. The lowest BCUT2D eigenvalue weighted by Gasteiger charge is -2.14. The average molecular weight is 400 g/mol. The monoisotopic (exact) mass is 400 g/mol. The first kappa shape index (κ1) is 21.8. The van der Waals surface area contributed by atoms with E-state index in [1.54, 1.807) is 43.3 Å². The van der Waals surface area contributed by atoms with Gasteiger partial charge in [0.25, 0.3) is 0 Å². The zero-order chi connectivity index (χ0) is 21.4. The Bertz CT molecular complexity index is 890. The topological polar surface area (TPSA) is 80.3 Å². The number of methoxy groups -OCH3 is 4. The fourth-order valence-electron chi connectivity index (χ4n) is 2.67. The predicted octanol–water partition coefficient (Wildman–Crippen LogP) is 3.55. The maximum Gasteiger partial charge on any atom is 0.342 e. The Morgan fingerprint density at radius 2 is 1.48 bits per heavy atom. The van der Waals surface area contributed by atoms with Crippen molar-refractivity contribution >= 4 is 17.8 Å². The molecular weight excluding hydrogens is 376 g/mol. The fraction of sp³-hybridized carbons (Fsp3) is 0.273. The highest BCUT2D eigenvalue weighted by Gasteiger charge is 2.24. The van der Waals surface area contributed by atoms with Crippen LogP contribution in [0.15, 0.2) is 42.0 Å². The van der Waals surface area contributed by atoms with E-state index < -0.39 is 11.8 Å². The summed E-state index contributed by atoms with van der Waals surface area (Å²) in [5, 5.41) is 0. The molecule has 2 rings (SSSR count). The highest BCUT2D eigenvalue weighted by atomic mass is 16.5. The molecule has 2 aromatic carbocycles. The summed E-state index contributed by atoms with van der Waals surface area (Å²) in [6.07, 6.45) is 1.40. The summed E-state index contributed by atoms with van der Waals surface area (Å²) in [6.45, 7) is 1.79. The lowest BCUT2D eigenvalue weighted by atomic mass is 9.99. The first-order chi connectivity index (χ1) is 14.0. The number of Topliss-reactive ketones (excluding diaryl/α,β-unsaturated/α-hetero) is 1. The zero-order valence-electron chi connectivity index (χ0n) is 17.1. The molecule has 0 amide bonds. The van der Waals surface area contributed by atoms with E-state index in [-0.39, 0.29) is 17.7 Å². The van der Waals surface area contributed by atoms with E-state index in [1.165, 1.54) is 34.5 Å². The smallest absolute Gasteiger partial charge is 0.342 e. The summed E-state index contributed by atoms with van der Waals surface area (Å²) < 4.78 is 26.3. The lowest BCUT2D eigenvalue weighted by Crippen LogP contribution is -2.16. The third-order valence-electron chi connectivity index (χ3n) is 4.11. The molecule has 2 aromatic rings. The van der Waals surface area contributed by atoms with Crippen LogP contribution in [0.5, 0.6) is 23.0 Å². The van der Waals surface area contributed by atoms with Gasteiger partial charge in [-0.05, 0) is 25.1 Å². The van der Waals surface area contributed by atoms with Crippen molar-refractivity contribution in [1.29, 1.82) is 0 Å². The van der Waals surface area contributed by atoms with E-state index in [2.05, 4.69) is 0 Å². The zero-order valence-corrected chi connectivity index (χ0v) is 17.1. The molecule has 0 N–H and O–H groups in total. The highest BCUT2D eigenvalue weighted by molar-refractivity contribution is 6.27. The molecule has 7 heteroatoms. The Morgan fingerprint density at radius 3 is 2.00 bits per heavy atom. The number of benzene rings is 2. The van der Waals surface area contributed by atoms with Crippen LogP contribution in [0.3, 0.4) is 0 Å². The molecule has 0 aliphatic rings. The molecule has 0 unspecified atom stereocenters. The predicted molar refractivity (Wildman–Crippen MR) is 108 cm³/mol. The summed E-state index contributed by atoms with van der Waals surface area (Å²) in [7, 11) is 5.96. The van der Waals surface area contributed by atoms with E-state index in [9.17, 15) is 9.59 Å². The van der Waals surface area contributed by atoms with Gasteiger partial charge >= 0.3 is 5.97 Å². The maximum absolute atomic E-state index is 13.1. The summed E-state index contributed by atoms with van der Waals surface area (Å²) in [4.78, 5) is 25.7. The van der Waals surface area contributed by atoms with Gasteiger partial charge in [0.15, 0.2) is 5.78 Å². The highest BCUT2D eigenvalue weighted by Crippen LogP contribution is 2.36. The Morgan fingerprint density at radius 1 is 0.862 bits per heavy atom. The molecule has 0 fully saturated rings. The molecule has 0 bridgehead atoms. The largest absolute Gasteiger partial charge is 0.497 e. The molecule has 29 heavy (non-hydrogen) atoms. The second kappa shape index (κ2) is 10.2. The SMILES string of the molecule is CCOC(=O)/C(=C\c1c(OC)cc(OC)cc1OC)C(=O)c1cccc(OC)c1. The van der Waals surface area contributed by atoms with Gasteiger partial charge in [-0.2, -0.15) is 0 Å². The third kappa shape index (κ3) is 5.07. The van der Waals surface area contributed by atoms with Crippen LogP contribution in [0.2, 0.25) is 0 Å².